The summed E-state index contributed by atoms with van der Waals surface area (Å²) in [7, 11) is 0. The zero-order chi connectivity index (χ0) is 21.4. The van der Waals surface area contributed by atoms with Crippen molar-refractivity contribution in [1.29, 1.82) is 5.26 Å². The lowest BCUT2D eigenvalue weighted by Crippen LogP contribution is -2.34. The van der Waals surface area contributed by atoms with Gasteiger partial charge in [-0.2, -0.15) is 5.26 Å². The fourth-order valence-electron chi connectivity index (χ4n) is 3.84. The molecule has 4 nitrogen and oxygen atoms in total. The van der Waals surface area contributed by atoms with E-state index in [-0.39, 0.29) is 6.04 Å². The van der Waals surface area contributed by atoms with Gasteiger partial charge in [-0.3, -0.25) is 5.01 Å². The fraction of sp³-hybridized carbons (Fsp3) is 0.0769. The smallest absolute Gasteiger partial charge is 0.164 e. The Bertz CT molecular complexity index is 1260. The third kappa shape index (κ3) is 3.55. The summed E-state index contributed by atoms with van der Waals surface area (Å²) in [6, 6.07) is 28.1. The molecular weight excluding hydrogens is 404 g/mol. The first-order chi connectivity index (χ1) is 15.1. The van der Waals surface area contributed by atoms with Gasteiger partial charge in [-0.25, -0.2) is 10.4 Å². The number of fused-ring (bicyclic) bond motifs is 1. The van der Waals surface area contributed by atoms with E-state index in [4.69, 9.17) is 16.6 Å². The van der Waals surface area contributed by atoms with E-state index in [2.05, 4.69) is 42.7 Å². The molecule has 1 unspecified atom stereocenters. The van der Waals surface area contributed by atoms with Gasteiger partial charge in [-0.05, 0) is 36.3 Å². The van der Waals surface area contributed by atoms with Crippen LogP contribution in [0.2, 0.25) is 5.02 Å². The van der Waals surface area contributed by atoms with Crippen LogP contribution < -0.4 is 5.43 Å². The van der Waals surface area contributed by atoms with E-state index in [9.17, 15) is 5.26 Å². The standard InChI is InChI=1S/C26H19ClN4/c1-17-7-9-20(10-8-17)25-22(16-28)26-29-23(18-5-3-2-4-6-18)15-24(31(26)30-25)19-11-13-21(27)14-12-19/h2-15,25,30H,1H3. The average Bonchev–Trinajstić information content (AvgIpc) is 3.18. The SMILES string of the molecule is Cc1ccc(C2NN3C(c4ccc(Cl)cc4)=CC(c4ccccc4)=NC3=C2C#N)cc1. The molecule has 2 aliphatic heterocycles. The lowest BCUT2D eigenvalue weighted by Gasteiger charge is -2.28. The Labute approximate surface area is 186 Å². The number of halogens is 1. The molecule has 0 aromatic heterocycles. The van der Waals surface area contributed by atoms with E-state index in [1.807, 2.05) is 65.7 Å². The van der Waals surface area contributed by atoms with Crippen LogP contribution in [0.25, 0.3) is 5.70 Å². The molecule has 1 N–H and O–H groups in total. The largest absolute Gasteiger partial charge is 0.257 e. The Kier molecular flexibility index (Phi) is 4.91. The van der Waals surface area contributed by atoms with Crippen molar-refractivity contribution in [2.24, 2.45) is 4.99 Å². The normalized spacial score (nSPS) is 17.7. The molecular formula is C26H19ClN4. The molecule has 1 atom stereocenters. The summed E-state index contributed by atoms with van der Waals surface area (Å²) in [6.45, 7) is 2.05. The van der Waals surface area contributed by atoms with Gasteiger partial charge in [-0.15, -0.1) is 0 Å². The topological polar surface area (TPSA) is 51.4 Å². The van der Waals surface area contributed by atoms with E-state index in [1.54, 1.807) is 0 Å². The Morgan fingerprint density at radius 3 is 2.32 bits per heavy atom. The van der Waals surface area contributed by atoms with Crippen molar-refractivity contribution in [1.82, 2.24) is 10.4 Å². The zero-order valence-electron chi connectivity index (χ0n) is 16.9. The number of rotatable bonds is 3. The molecule has 3 aromatic carbocycles. The molecule has 0 aliphatic carbocycles. The number of benzene rings is 3. The van der Waals surface area contributed by atoms with Gasteiger partial charge in [0.15, 0.2) is 5.82 Å². The second kappa shape index (κ2) is 7.88. The highest BCUT2D eigenvalue weighted by Crippen LogP contribution is 2.39. The third-order valence-corrected chi connectivity index (χ3v) is 5.73. The molecule has 150 valence electrons. The Morgan fingerprint density at radius 2 is 1.65 bits per heavy atom. The minimum atomic E-state index is -0.268. The van der Waals surface area contributed by atoms with Crippen molar-refractivity contribution in [3.63, 3.8) is 0 Å². The first kappa shape index (κ1) is 19.3. The Balaban J connectivity index is 1.67. The quantitative estimate of drug-likeness (QED) is 0.581. The van der Waals surface area contributed by atoms with Crippen LogP contribution >= 0.6 is 11.6 Å². The number of nitrogens with one attached hydrogen (secondary N) is 1. The maximum absolute atomic E-state index is 10.1. The van der Waals surface area contributed by atoms with Gasteiger partial charge in [-0.1, -0.05) is 83.9 Å². The molecule has 0 bridgehead atoms. The molecule has 31 heavy (non-hydrogen) atoms. The molecule has 5 heteroatoms. The van der Waals surface area contributed by atoms with Crippen molar-refractivity contribution >= 4 is 23.0 Å². The number of hydrogen-bond donors (Lipinski definition) is 1. The number of nitriles is 1. The summed E-state index contributed by atoms with van der Waals surface area (Å²) in [5.41, 5.74) is 10.0. The molecule has 5 rings (SSSR count). The van der Waals surface area contributed by atoms with Gasteiger partial charge in [0.25, 0.3) is 0 Å². The van der Waals surface area contributed by atoms with Crippen LogP contribution in [-0.2, 0) is 0 Å². The summed E-state index contributed by atoms with van der Waals surface area (Å²) < 4.78 is 0. The van der Waals surface area contributed by atoms with Gasteiger partial charge >= 0.3 is 0 Å². The van der Waals surface area contributed by atoms with Crippen LogP contribution in [-0.4, -0.2) is 10.7 Å². The average molecular weight is 423 g/mol. The molecule has 3 aromatic rings. The van der Waals surface area contributed by atoms with Gasteiger partial charge in [0.05, 0.1) is 23.0 Å². The van der Waals surface area contributed by atoms with Crippen molar-refractivity contribution < 1.29 is 0 Å². The summed E-state index contributed by atoms with van der Waals surface area (Å²) in [6.07, 6.45) is 2.04. The minimum absolute atomic E-state index is 0.268. The number of hydrazine groups is 1. The van der Waals surface area contributed by atoms with Crippen molar-refractivity contribution in [3.05, 3.63) is 124 Å². The van der Waals surface area contributed by atoms with Crippen LogP contribution in [0.15, 0.2) is 101 Å². The predicted molar refractivity (Wildman–Crippen MR) is 124 cm³/mol. The highest BCUT2D eigenvalue weighted by Gasteiger charge is 2.37. The first-order valence-corrected chi connectivity index (χ1v) is 10.4. The molecule has 0 saturated heterocycles. The van der Waals surface area contributed by atoms with Gasteiger partial charge in [0.2, 0.25) is 0 Å². The molecule has 0 radical (unpaired) electrons. The van der Waals surface area contributed by atoms with E-state index in [0.29, 0.717) is 16.4 Å². The van der Waals surface area contributed by atoms with Crippen LogP contribution in [0, 0.1) is 18.3 Å². The van der Waals surface area contributed by atoms with Crippen LogP contribution in [0.3, 0.4) is 0 Å². The van der Waals surface area contributed by atoms with E-state index in [1.165, 1.54) is 5.56 Å². The Morgan fingerprint density at radius 1 is 0.935 bits per heavy atom. The number of aliphatic imine (C=N–C) groups is 1. The van der Waals surface area contributed by atoms with Crippen molar-refractivity contribution in [2.45, 2.75) is 13.0 Å². The second-order valence-corrected chi connectivity index (χ2v) is 7.99. The van der Waals surface area contributed by atoms with Crippen LogP contribution in [0.1, 0.15) is 28.3 Å². The van der Waals surface area contributed by atoms with Gasteiger partial charge in [0, 0.05) is 10.6 Å². The molecule has 0 spiro atoms. The molecule has 0 fully saturated rings. The van der Waals surface area contributed by atoms with Gasteiger partial charge in [0.1, 0.15) is 6.07 Å². The number of hydrogen-bond acceptors (Lipinski definition) is 4. The third-order valence-electron chi connectivity index (χ3n) is 5.48. The number of allylic oxidation sites excluding steroid dienone is 1. The molecule has 0 saturated carbocycles. The van der Waals surface area contributed by atoms with E-state index < -0.39 is 0 Å². The highest BCUT2D eigenvalue weighted by atomic mass is 35.5. The summed E-state index contributed by atoms with van der Waals surface area (Å²) in [5, 5.41) is 12.7. The number of aryl methyl sites for hydroxylation is 1. The summed E-state index contributed by atoms with van der Waals surface area (Å²) >= 11 is 6.12. The predicted octanol–water partition coefficient (Wildman–Crippen LogP) is 5.79. The molecule has 0 amide bonds. The van der Waals surface area contributed by atoms with E-state index in [0.717, 1.165) is 28.1 Å². The number of nitrogens with zero attached hydrogens (tertiary/aromatic N) is 3. The summed E-state index contributed by atoms with van der Waals surface area (Å²) in [4.78, 5) is 4.89. The maximum atomic E-state index is 10.1. The van der Waals surface area contributed by atoms with Gasteiger partial charge < -0.3 is 0 Å². The van der Waals surface area contributed by atoms with E-state index >= 15 is 0 Å². The lowest BCUT2D eigenvalue weighted by molar-refractivity contribution is 0.362. The van der Waals surface area contributed by atoms with Crippen LogP contribution in [0.5, 0.6) is 0 Å². The minimum Gasteiger partial charge on any atom is -0.257 e. The van der Waals surface area contributed by atoms with Crippen LogP contribution in [0.4, 0.5) is 0 Å². The first-order valence-electron chi connectivity index (χ1n) is 10.0. The molecule has 2 heterocycles. The monoisotopic (exact) mass is 422 g/mol. The van der Waals surface area contributed by atoms with Crippen molar-refractivity contribution in [3.8, 4) is 6.07 Å². The van der Waals surface area contributed by atoms with Crippen molar-refractivity contribution in [2.75, 3.05) is 0 Å². The summed E-state index contributed by atoms with van der Waals surface area (Å²) in [5.74, 6) is 0.624. The highest BCUT2D eigenvalue weighted by molar-refractivity contribution is 6.30. The fourth-order valence-corrected chi connectivity index (χ4v) is 3.97. The zero-order valence-corrected chi connectivity index (χ0v) is 17.6. The molecule has 2 aliphatic rings. The Hall–Kier alpha value is -3.65. The maximum Gasteiger partial charge on any atom is 0.164 e. The lowest BCUT2D eigenvalue weighted by atomic mass is 9.99. The second-order valence-electron chi connectivity index (χ2n) is 7.56.